The van der Waals surface area contributed by atoms with Crippen LogP contribution in [0.15, 0.2) is 0 Å². The Balaban J connectivity index is 4.87. The third kappa shape index (κ3) is 5.75. The lowest BCUT2D eigenvalue weighted by molar-refractivity contribution is -0.150. The molecule has 0 unspecified atom stereocenters. The Morgan fingerprint density at radius 1 is 1.11 bits per heavy atom. The molecule has 0 aliphatic heterocycles. The largest absolute Gasteiger partial charge is 0.475 e. The van der Waals surface area contributed by atoms with E-state index in [9.17, 15) is 29.7 Å². The molecular formula is C10H17NO8. The molecule has 0 radical (unpaired) electrons. The summed E-state index contributed by atoms with van der Waals surface area (Å²) in [5.74, 6) is -3.75. The number of nitrogens with one attached hydrogen (secondary N) is 1. The Morgan fingerprint density at radius 2 is 1.63 bits per heavy atom. The average molecular weight is 279 g/mol. The lowest BCUT2D eigenvalue weighted by Gasteiger charge is -2.29. The molecule has 6 N–H and O–H groups in total. The minimum Gasteiger partial charge on any atom is -0.475 e. The fraction of sp³-hybridized carbons (Fsp3) is 0.700. The molecule has 0 aromatic carbocycles. The number of aliphatic hydroxyl groups is 4. The van der Waals surface area contributed by atoms with Crippen molar-refractivity contribution < 1.29 is 39.9 Å². The first-order valence-corrected chi connectivity index (χ1v) is 5.39. The number of aliphatic carboxylic acids is 1. The zero-order chi connectivity index (χ0) is 15.2. The molecule has 4 atom stereocenters. The highest BCUT2D eigenvalue weighted by molar-refractivity contribution is 6.32. The lowest BCUT2D eigenvalue weighted by atomic mass is 9.96. The van der Waals surface area contributed by atoms with Gasteiger partial charge in [0, 0.05) is 13.3 Å². The Bertz CT molecular complexity index is 344. The van der Waals surface area contributed by atoms with Crippen molar-refractivity contribution >= 4 is 17.7 Å². The SMILES string of the molecule is CC(=O)N[C@@H]([C@@H](O)[C@H](O)CO)[C@@H](O)CC(=O)C(=O)O. The number of amides is 1. The second-order valence-electron chi connectivity index (χ2n) is 3.97. The molecule has 110 valence electrons. The van der Waals surface area contributed by atoms with Gasteiger partial charge in [-0.05, 0) is 0 Å². The molecule has 19 heavy (non-hydrogen) atoms. The van der Waals surface area contributed by atoms with Gasteiger partial charge < -0.3 is 30.8 Å². The van der Waals surface area contributed by atoms with Crippen molar-refractivity contribution in [2.75, 3.05) is 6.61 Å². The van der Waals surface area contributed by atoms with Crippen LogP contribution in [0.25, 0.3) is 0 Å². The quantitative estimate of drug-likeness (QED) is 0.250. The number of rotatable bonds is 8. The monoisotopic (exact) mass is 279 g/mol. The number of hydrogen-bond donors (Lipinski definition) is 6. The van der Waals surface area contributed by atoms with Crippen LogP contribution >= 0.6 is 0 Å². The highest BCUT2D eigenvalue weighted by Crippen LogP contribution is 2.09. The minimum atomic E-state index is -1.77. The van der Waals surface area contributed by atoms with Crippen molar-refractivity contribution in [1.29, 1.82) is 0 Å². The van der Waals surface area contributed by atoms with Crippen LogP contribution < -0.4 is 5.32 Å². The first-order chi connectivity index (χ1) is 8.70. The molecule has 0 aliphatic carbocycles. The number of carboxylic acids is 1. The molecule has 0 spiro atoms. The lowest BCUT2D eigenvalue weighted by Crippen LogP contribution is -2.55. The molecule has 0 saturated heterocycles. The van der Waals surface area contributed by atoms with Gasteiger partial charge in [0.25, 0.3) is 0 Å². The molecule has 0 bridgehead atoms. The minimum absolute atomic E-state index is 0.670. The highest BCUT2D eigenvalue weighted by atomic mass is 16.4. The molecule has 0 rings (SSSR count). The number of carbonyl (C=O) groups excluding carboxylic acids is 2. The van der Waals surface area contributed by atoms with E-state index < -0.39 is 55.0 Å². The van der Waals surface area contributed by atoms with E-state index in [4.69, 9.17) is 10.2 Å². The summed E-state index contributed by atoms with van der Waals surface area (Å²) in [7, 11) is 0. The number of ketones is 1. The normalized spacial score (nSPS) is 17.1. The van der Waals surface area contributed by atoms with Crippen LogP contribution in [-0.2, 0) is 14.4 Å². The van der Waals surface area contributed by atoms with Crippen LogP contribution in [0.2, 0.25) is 0 Å². The summed E-state index contributed by atoms with van der Waals surface area (Å²) in [6, 6.07) is -1.48. The van der Waals surface area contributed by atoms with Gasteiger partial charge in [-0.25, -0.2) is 4.79 Å². The highest BCUT2D eigenvalue weighted by Gasteiger charge is 2.34. The van der Waals surface area contributed by atoms with Crippen molar-refractivity contribution in [3.05, 3.63) is 0 Å². The number of carboxylic acid groups (broad SMARTS) is 1. The maximum absolute atomic E-state index is 10.9. The third-order valence-corrected chi connectivity index (χ3v) is 2.37. The maximum Gasteiger partial charge on any atom is 0.372 e. The van der Waals surface area contributed by atoms with E-state index in [1.165, 1.54) is 0 Å². The van der Waals surface area contributed by atoms with E-state index in [2.05, 4.69) is 5.32 Å². The topological polar surface area (TPSA) is 164 Å². The second-order valence-corrected chi connectivity index (χ2v) is 3.97. The van der Waals surface area contributed by atoms with Crippen molar-refractivity contribution in [2.24, 2.45) is 0 Å². The molecule has 1 amide bonds. The molecule has 9 nitrogen and oxygen atoms in total. The van der Waals surface area contributed by atoms with Gasteiger partial charge in [-0.2, -0.15) is 0 Å². The van der Waals surface area contributed by atoms with Gasteiger partial charge in [0.1, 0.15) is 12.2 Å². The second kappa shape index (κ2) is 7.79. The van der Waals surface area contributed by atoms with E-state index in [1.54, 1.807) is 0 Å². The molecule has 0 saturated carbocycles. The summed E-state index contributed by atoms with van der Waals surface area (Å²) in [5.41, 5.74) is 0. The summed E-state index contributed by atoms with van der Waals surface area (Å²) in [6.45, 7) is 0.230. The summed E-state index contributed by atoms with van der Waals surface area (Å²) in [4.78, 5) is 32.2. The van der Waals surface area contributed by atoms with E-state index in [1.807, 2.05) is 0 Å². The van der Waals surface area contributed by atoms with Crippen LogP contribution in [-0.4, -0.2) is 74.2 Å². The number of hydrogen-bond acceptors (Lipinski definition) is 7. The molecule has 0 heterocycles. The predicted octanol–water partition coefficient (Wildman–Crippen LogP) is -3.39. The Labute approximate surface area is 108 Å². The van der Waals surface area contributed by atoms with Crippen LogP contribution in [0, 0.1) is 0 Å². The predicted molar refractivity (Wildman–Crippen MR) is 60.0 cm³/mol. The van der Waals surface area contributed by atoms with E-state index in [-0.39, 0.29) is 0 Å². The average Bonchev–Trinajstić information content (AvgIpc) is 2.33. The number of Topliss-reactive ketones (excluding diaryl/α,β-unsaturated/α-hetero) is 1. The molecule has 0 fully saturated rings. The number of carbonyl (C=O) groups is 3. The van der Waals surface area contributed by atoms with Gasteiger partial charge in [-0.1, -0.05) is 0 Å². The van der Waals surface area contributed by atoms with Gasteiger partial charge in [-0.3, -0.25) is 9.59 Å². The van der Waals surface area contributed by atoms with Crippen LogP contribution in [0.3, 0.4) is 0 Å². The zero-order valence-corrected chi connectivity index (χ0v) is 10.2. The zero-order valence-electron chi connectivity index (χ0n) is 10.2. The summed E-state index contributed by atoms with van der Waals surface area (Å²) in [6.07, 6.45) is -5.99. The van der Waals surface area contributed by atoms with Crippen LogP contribution in [0.4, 0.5) is 0 Å². The Hall–Kier alpha value is -1.55. The Morgan fingerprint density at radius 3 is 2.00 bits per heavy atom. The van der Waals surface area contributed by atoms with Gasteiger partial charge >= 0.3 is 5.97 Å². The third-order valence-electron chi connectivity index (χ3n) is 2.37. The van der Waals surface area contributed by atoms with Crippen molar-refractivity contribution in [2.45, 2.75) is 37.7 Å². The number of aliphatic hydroxyl groups excluding tert-OH is 4. The summed E-state index contributed by atoms with van der Waals surface area (Å²) >= 11 is 0. The fourth-order valence-corrected chi connectivity index (χ4v) is 1.40. The first-order valence-electron chi connectivity index (χ1n) is 5.39. The van der Waals surface area contributed by atoms with Crippen molar-refractivity contribution in [1.82, 2.24) is 5.32 Å². The van der Waals surface area contributed by atoms with Gasteiger partial charge in [-0.15, -0.1) is 0 Å². The van der Waals surface area contributed by atoms with E-state index in [0.717, 1.165) is 6.92 Å². The molecule has 0 aromatic heterocycles. The van der Waals surface area contributed by atoms with Gasteiger partial charge in [0.2, 0.25) is 11.7 Å². The van der Waals surface area contributed by atoms with E-state index in [0.29, 0.717) is 0 Å². The maximum atomic E-state index is 10.9. The summed E-state index contributed by atoms with van der Waals surface area (Å²) in [5, 5.41) is 47.6. The molecular weight excluding hydrogens is 262 g/mol. The van der Waals surface area contributed by atoms with Crippen molar-refractivity contribution in [3.8, 4) is 0 Å². The van der Waals surface area contributed by atoms with E-state index >= 15 is 0 Å². The molecule has 9 heteroatoms. The van der Waals surface area contributed by atoms with Crippen molar-refractivity contribution in [3.63, 3.8) is 0 Å². The smallest absolute Gasteiger partial charge is 0.372 e. The molecule has 0 aliphatic rings. The van der Waals surface area contributed by atoms with Crippen LogP contribution in [0.1, 0.15) is 13.3 Å². The Kier molecular flexibility index (Phi) is 7.16. The first kappa shape index (κ1) is 17.4. The molecule has 0 aromatic rings. The standard InChI is InChI=1S/C10H17NO8/c1-4(13)11-8(9(17)7(16)3-12)5(14)2-6(15)10(18)19/h5,7-9,12,14,16-17H,2-3H2,1H3,(H,11,13)(H,18,19)/t5-,7+,8+,9-/m0/s1. The van der Waals surface area contributed by atoms with Gasteiger partial charge in [0.15, 0.2) is 0 Å². The summed E-state index contributed by atoms with van der Waals surface area (Å²) < 4.78 is 0. The van der Waals surface area contributed by atoms with Crippen LogP contribution in [0.5, 0.6) is 0 Å². The van der Waals surface area contributed by atoms with Gasteiger partial charge in [0.05, 0.1) is 18.8 Å². The fourth-order valence-electron chi connectivity index (χ4n) is 1.40.